The van der Waals surface area contributed by atoms with Crippen LogP contribution in [0.1, 0.15) is 21.7 Å². The Morgan fingerprint density at radius 3 is 2.54 bits per heavy atom. The van der Waals surface area contributed by atoms with Gasteiger partial charge in [-0.1, -0.05) is 6.07 Å². The fraction of sp³-hybridized carbons (Fsp3) is 0.0526. The van der Waals surface area contributed by atoms with Gasteiger partial charge in [-0.15, -0.1) is 0 Å². The van der Waals surface area contributed by atoms with Gasteiger partial charge < -0.3 is 9.52 Å². The van der Waals surface area contributed by atoms with Gasteiger partial charge in [0.15, 0.2) is 0 Å². The molecule has 0 amide bonds. The van der Waals surface area contributed by atoms with E-state index in [4.69, 9.17) is 9.52 Å². The van der Waals surface area contributed by atoms with Crippen LogP contribution >= 0.6 is 22.6 Å². The van der Waals surface area contributed by atoms with Crippen molar-refractivity contribution < 1.29 is 14.3 Å². The smallest absolute Gasteiger partial charge is 0.335 e. The molecular weight excluding hydrogens is 417 g/mol. The number of halogens is 1. The van der Waals surface area contributed by atoms with Crippen molar-refractivity contribution in [3.05, 3.63) is 75.1 Å². The Balaban J connectivity index is 1.83. The van der Waals surface area contributed by atoms with Crippen molar-refractivity contribution in [3.8, 4) is 11.3 Å². The third-order valence-corrected chi connectivity index (χ3v) is 4.25. The first-order chi connectivity index (χ1) is 11.5. The number of carbonyl (C=O) groups is 1. The SMILES string of the molecule is Cc1cc(C(=O)O)ccc1-c1ccc(C=Nc2ccc(I)cc2)o1. The van der Waals surface area contributed by atoms with Gasteiger partial charge in [0.2, 0.25) is 0 Å². The Labute approximate surface area is 153 Å². The number of benzene rings is 2. The number of hydrogen-bond acceptors (Lipinski definition) is 3. The van der Waals surface area contributed by atoms with Crippen molar-refractivity contribution in [1.29, 1.82) is 0 Å². The van der Waals surface area contributed by atoms with Crippen LogP contribution < -0.4 is 0 Å². The zero-order valence-corrected chi connectivity index (χ0v) is 15.0. The van der Waals surface area contributed by atoms with Crippen molar-refractivity contribution in [3.63, 3.8) is 0 Å². The summed E-state index contributed by atoms with van der Waals surface area (Å²) >= 11 is 2.25. The van der Waals surface area contributed by atoms with E-state index < -0.39 is 5.97 Å². The lowest BCUT2D eigenvalue weighted by Crippen LogP contribution is -1.96. The molecule has 0 saturated carbocycles. The normalized spacial score (nSPS) is 11.1. The monoisotopic (exact) mass is 431 g/mol. The minimum atomic E-state index is -0.936. The Bertz CT molecular complexity index is 911. The third-order valence-electron chi connectivity index (χ3n) is 3.53. The summed E-state index contributed by atoms with van der Waals surface area (Å²) in [5.74, 6) is 0.396. The number of nitrogens with zero attached hydrogens (tertiary/aromatic N) is 1. The molecule has 0 fully saturated rings. The van der Waals surface area contributed by atoms with E-state index in [9.17, 15) is 4.79 Å². The topological polar surface area (TPSA) is 62.8 Å². The first kappa shape index (κ1) is 16.4. The number of furan rings is 1. The van der Waals surface area contributed by atoms with E-state index in [1.807, 2.05) is 43.3 Å². The molecule has 0 unspecified atom stereocenters. The van der Waals surface area contributed by atoms with Gasteiger partial charge in [0.25, 0.3) is 0 Å². The molecule has 0 spiro atoms. The van der Waals surface area contributed by atoms with E-state index in [2.05, 4.69) is 27.6 Å². The molecule has 0 aliphatic rings. The molecule has 120 valence electrons. The molecule has 0 aliphatic heterocycles. The zero-order chi connectivity index (χ0) is 17.1. The highest BCUT2D eigenvalue weighted by molar-refractivity contribution is 14.1. The fourth-order valence-corrected chi connectivity index (χ4v) is 2.67. The number of hydrogen-bond donors (Lipinski definition) is 1. The van der Waals surface area contributed by atoms with Crippen LogP contribution in [0.3, 0.4) is 0 Å². The van der Waals surface area contributed by atoms with Crippen LogP contribution in [0.5, 0.6) is 0 Å². The van der Waals surface area contributed by atoms with E-state index in [1.54, 1.807) is 24.4 Å². The average Bonchev–Trinajstić information content (AvgIpc) is 3.03. The molecule has 3 rings (SSSR count). The lowest BCUT2D eigenvalue weighted by atomic mass is 10.0. The summed E-state index contributed by atoms with van der Waals surface area (Å²) in [6.45, 7) is 1.86. The molecule has 0 radical (unpaired) electrons. The molecule has 0 saturated heterocycles. The van der Waals surface area contributed by atoms with Crippen molar-refractivity contribution in [2.75, 3.05) is 0 Å². The van der Waals surface area contributed by atoms with Crippen LogP contribution in [-0.2, 0) is 0 Å². The maximum Gasteiger partial charge on any atom is 0.335 e. The van der Waals surface area contributed by atoms with E-state index >= 15 is 0 Å². The number of aromatic carboxylic acids is 1. The van der Waals surface area contributed by atoms with Crippen LogP contribution in [0, 0.1) is 10.5 Å². The highest BCUT2D eigenvalue weighted by Crippen LogP contribution is 2.26. The maximum absolute atomic E-state index is 11.0. The Morgan fingerprint density at radius 2 is 1.88 bits per heavy atom. The summed E-state index contributed by atoms with van der Waals surface area (Å²) < 4.78 is 6.96. The molecule has 0 aliphatic carbocycles. The first-order valence-electron chi connectivity index (χ1n) is 7.27. The van der Waals surface area contributed by atoms with Crippen molar-refractivity contribution in [2.45, 2.75) is 6.92 Å². The second-order valence-corrected chi connectivity index (χ2v) is 6.52. The van der Waals surface area contributed by atoms with Gasteiger partial charge in [-0.2, -0.15) is 0 Å². The van der Waals surface area contributed by atoms with E-state index in [1.165, 1.54) is 0 Å². The molecule has 1 aromatic heterocycles. The predicted molar refractivity (Wildman–Crippen MR) is 102 cm³/mol. The van der Waals surface area contributed by atoms with Crippen LogP contribution in [0.4, 0.5) is 5.69 Å². The second-order valence-electron chi connectivity index (χ2n) is 5.27. The number of rotatable bonds is 4. The lowest BCUT2D eigenvalue weighted by molar-refractivity contribution is 0.0697. The first-order valence-corrected chi connectivity index (χ1v) is 8.34. The molecule has 1 N–H and O–H groups in total. The highest BCUT2D eigenvalue weighted by Gasteiger charge is 2.10. The van der Waals surface area contributed by atoms with E-state index in [0.29, 0.717) is 11.5 Å². The number of carboxylic acid groups (broad SMARTS) is 1. The molecule has 4 nitrogen and oxygen atoms in total. The van der Waals surface area contributed by atoms with E-state index in [-0.39, 0.29) is 5.56 Å². The van der Waals surface area contributed by atoms with Crippen molar-refractivity contribution in [1.82, 2.24) is 0 Å². The lowest BCUT2D eigenvalue weighted by Gasteiger charge is -2.03. The molecule has 5 heteroatoms. The van der Waals surface area contributed by atoms with Crippen molar-refractivity contribution in [2.24, 2.45) is 4.99 Å². The van der Waals surface area contributed by atoms with Gasteiger partial charge >= 0.3 is 5.97 Å². The molecule has 0 bridgehead atoms. The summed E-state index contributed by atoms with van der Waals surface area (Å²) in [6, 6.07) is 16.5. The molecule has 0 atom stereocenters. The van der Waals surface area contributed by atoms with Gasteiger partial charge in [-0.05, 0) is 83.6 Å². The predicted octanol–water partition coefficient (Wildman–Crippen LogP) is 5.31. The Morgan fingerprint density at radius 1 is 1.12 bits per heavy atom. The fourth-order valence-electron chi connectivity index (χ4n) is 2.31. The summed E-state index contributed by atoms with van der Waals surface area (Å²) in [5.41, 5.74) is 2.85. The number of aliphatic imine (C=N–C) groups is 1. The van der Waals surface area contributed by atoms with E-state index in [0.717, 1.165) is 20.4 Å². The van der Waals surface area contributed by atoms with Crippen LogP contribution in [-0.4, -0.2) is 17.3 Å². The number of aryl methyl sites for hydroxylation is 1. The standard InChI is InChI=1S/C19H14INO3/c1-12-10-13(19(22)23)2-8-17(12)18-9-7-16(24-18)11-21-15-5-3-14(20)4-6-15/h2-11H,1H3,(H,22,23). The van der Waals surface area contributed by atoms with Gasteiger partial charge in [-0.25, -0.2) is 4.79 Å². The van der Waals surface area contributed by atoms with Gasteiger partial charge in [-0.3, -0.25) is 4.99 Å². The average molecular weight is 431 g/mol. The van der Waals surface area contributed by atoms with Gasteiger partial charge in [0.05, 0.1) is 17.5 Å². The molecule has 2 aromatic carbocycles. The zero-order valence-electron chi connectivity index (χ0n) is 12.9. The minimum absolute atomic E-state index is 0.267. The van der Waals surface area contributed by atoms with Crippen LogP contribution in [0.2, 0.25) is 0 Å². The highest BCUT2D eigenvalue weighted by atomic mass is 127. The summed E-state index contributed by atoms with van der Waals surface area (Å²) in [6.07, 6.45) is 1.67. The molecule has 3 aromatic rings. The Hall–Kier alpha value is -2.41. The summed E-state index contributed by atoms with van der Waals surface area (Å²) in [5, 5.41) is 9.03. The molecular formula is C19H14INO3. The van der Waals surface area contributed by atoms with Gasteiger partial charge in [0, 0.05) is 9.13 Å². The minimum Gasteiger partial charge on any atom is -0.478 e. The largest absolute Gasteiger partial charge is 0.478 e. The van der Waals surface area contributed by atoms with Crippen LogP contribution in [0.25, 0.3) is 11.3 Å². The summed E-state index contributed by atoms with van der Waals surface area (Å²) in [7, 11) is 0. The maximum atomic E-state index is 11.0. The summed E-state index contributed by atoms with van der Waals surface area (Å²) in [4.78, 5) is 15.4. The van der Waals surface area contributed by atoms with Crippen LogP contribution in [0.15, 0.2) is 64.0 Å². The third kappa shape index (κ3) is 3.73. The molecule has 1 heterocycles. The quantitative estimate of drug-likeness (QED) is 0.450. The Kier molecular flexibility index (Phi) is 4.80. The van der Waals surface area contributed by atoms with Gasteiger partial charge in [0.1, 0.15) is 11.5 Å². The second kappa shape index (κ2) is 7.00. The molecule has 24 heavy (non-hydrogen) atoms. The van der Waals surface area contributed by atoms with Crippen molar-refractivity contribution >= 4 is 40.5 Å². The number of carboxylic acids is 1.